The van der Waals surface area contributed by atoms with Crippen molar-refractivity contribution in [2.24, 2.45) is 16.6 Å². The van der Waals surface area contributed by atoms with E-state index in [4.69, 9.17) is 15.2 Å². The Bertz CT molecular complexity index is 503. The molecule has 0 aromatic heterocycles. The summed E-state index contributed by atoms with van der Waals surface area (Å²) in [6.07, 6.45) is 1.08. The molecule has 0 radical (unpaired) electrons. The molecule has 0 fully saturated rings. The summed E-state index contributed by atoms with van der Waals surface area (Å²) in [7, 11) is 0. The summed E-state index contributed by atoms with van der Waals surface area (Å²) in [5, 5.41) is 3.11. The molecule has 0 bridgehead atoms. The average Bonchev–Trinajstić information content (AvgIpc) is 2.84. The van der Waals surface area contributed by atoms with Crippen LogP contribution >= 0.6 is 15.9 Å². The third-order valence-corrected chi connectivity index (χ3v) is 3.54. The summed E-state index contributed by atoms with van der Waals surface area (Å²) in [5.74, 6) is 2.62. The molecule has 3 N–H and O–H groups in total. The smallest absolute Gasteiger partial charge is 0.231 e. The zero-order valence-corrected chi connectivity index (χ0v) is 13.4. The highest BCUT2D eigenvalue weighted by molar-refractivity contribution is 9.10. The fourth-order valence-electron chi connectivity index (χ4n) is 1.83. The van der Waals surface area contributed by atoms with Gasteiger partial charge in [0.1, 0.15) is 0 Å². The minimum absolute atomic E-state index is 0.263. The van der Waals surface area contributed by atoms with Crippen molar-refractivity contribution >= 4 is 21.9 Å². The molecule has 2 rings (SSSR count). The van der Waals surface area contributed by atoms with Gasteiger partial charge in [0.15, 0.2) is 17.5 Å². The molecule has 0 aliphatic carbocycles. The van der Waals surface area contributed by atoms with Crippen LogP contribution < -0.4 is 20.5 Å². The molecule has 1 aromatic carbocycles. The molecule has 1 aromatic rings. The lowest BCUT2D eigenvalue weighted by Crippen LogP contribution is -2.32. The maximum Gasteiger partial charge on any atom is 0.231 e. The van der Waals surface area contributed by atoms with Crippen molar-refractivity contribution in [3.8, 4) is 11.5 Å². The first-order valence-corrected chi connectivity index (χ1v) is 7.47. The van der Waals surface area contributed by atoms with Crippen molar-refractivity contribution in [3.63, 3.8) is 0 Å². The van der Waals surface area contributed by atoms with Gasteiger partial charge in [-0.1, -0.05) is 13.8 Å². The van der Waals surface area contributed by atoms with E-state index in [9.17, 15) is 0 Å². The molecular formula is C14H20BrN3O2. The van der Waals surface area contributed by atoms with Gasteiger partial charge in [-0.3, -0.25) is 0 Å². The number of halogens is 1. The highest BCUT2D eigenvalue weighted by atomic mass is 79.9. The van der Waals surface area contributed by atoms with Gasteiger partial charge in [0.05, 0.1) is 11.0 Å². The van der Waals surface area contributed by atoms with E-state index in [1.165, 1.54) is 0 Å². The van der Waals surface area contributed by atoms with Gasteiger partial charge in [0.2, 0.25) is 6.79 Å². The fraction of sp³-hybridized carbons (Fsp3) is 0.500. The molecule has 0 saturated carbocycles. The van der Waals surface area contributed by atoms with Gasteiger partial charge in [-0.2, -0.15) is 0 Å². The number of benzene rings is 1. The van der Waals surface area contributed by atoms with E-state index in [-0.39, 0.29) is 6.79 Å². The topological polar surface area (TPSA) is 68.9 Å². The fourth-order valence-corrected chi connectivity index (χ4v) is 2.44. The van der Waals surface area contributed by atoms with Crippen LogP contribution in [-0.2, 0) is 6.54 Å². The van der Waals surface area contributed by atoms with Crippen LogP contribution in [-0.4, -0.2) is 19.3 Å². The Labute approximate surface area is 127 Å². The first kappa shape index (κ1) is 15.0. The second-order valence-electron chi connectivity index (χ2n) is 5.12. The van der Waals surface area contributed by atoms with E-state index in [1.807, 2.05) is 12.1 Å². The van der Waals surface area contributed by atoms with Crippen LogP contribution in [0.5, 0.6) is 11.5 Å². The maximum atomic E-state index is 5.83. The second-order valence-corrected chi connectivity index (χ2v) is 5.98. The standard InChI is InChI=1S/C14H20BrN3O2/c1-9(2)3-4-17-14(16)18-7-10-5-11(15)13-12(6-10)19-8-20-13/h5-6,9H,3-4,7-8H2,1-2H3,(H3,16,17,18). The zero-order chi connectivity index (χ0) is 14.5. The quantitative estimate of drug-likeness (QED) is 0.638. The van der Waals surface area contributed by atoms with Gasteiger partial charge in [-0.25, -0.2) is 4.99 Å². The average molecular weight is 342 g/mol. The molecule has 0 atom stereocenters. The summed E-state index contributed by atoms with van der Waals surface area (Å²) in [6.45, 7) is 5.98. The van der Waals surface area contributed by atoms with Crippen LogP contribution in [0.4, 0.5) is 0 Å². The first-order valence-electron chi connectivity index (χ1n) is 6.68. The Kier molecular flexibility index (Phi) is 5.11. The van der Waals surface area contributed by atoms with Crippen LogP contribution in [0.25, 0.3) is 0 Å². The van der Waals surface area contributed by atoms with Crippen molar-refractivity contribution in [1.82, 2.24) is 5.32 Å². The van der Waals surface area contributed by atoms with Gasteiger partial charge in [-0.05, 0) is 46.0 Å². The van der Waals surface area contributed by atoms with E-state index in [2.05, 4.69) is 40.1 Å². The summed E-state index contributed by atoms with van der Waals surface area (Å²) in [4.78, 5) is 4.32. The monoisotopic (exact) mass is 341 g/mol. The highest BCUT2D eigenvalue weighted by Crippen LogP contribution is 2.40. The number of nitrogens with two attached hydrogens (primary N) is 1. The lowest BCUT2D eigenvalue weighted by molar-refractivity contribution is 0.173. The molecule has 1 heterocycles. The van der Waals surface area contributed by atoms with E-state index in [1.54, 1.807) is 0 Å². The number of guanidine groups is 1. The zero-order valence-electron chi connectivity index (χ0n) is 11.8. The van der Waals surface area contributed by atoms with Crippen LogP contribution in [0.15, 0.2) is 21.6 Å². The Morgan fingerprint density at radius 3 is 3.00 bits per heavy atom. The van der Waals surface area contributed by atoms with Crippen LogP contribution in [0.1, 0.15) is 25.8 Å². The van der Waals surface area contributed by atoms with Crippen molar-refractivity contribution in [2.45, 2.75) is 26.8 Å². The van der Waals surface area contributed by atoms with Crippen molar-refractivity contribution in [1.29, 1.82) is 0 Å². The largest absolute Gasteiger partial charge is 0.454 e. The number of hydrogen-bond donors (Lipinski definition) is 2. The Morgan fingerprint density at radius 1 is 1.45 bits per heavy atom. The van der Waals surface area contributed by atoms with Crippen molar-refractivity contribution < 1.29 is 9.47 Å². The van der Waals surface area contributed by atoms with Crippen LogP contribution in [0, 0.1) is 5.92 Å². The van der Waals surface area contributed by atoms with Gasteiger partial charge in [-0.15, -0.1) is 0 Å². The number of nitrogens with zero attached hydrogens (tertiary/aromatic N) is 1. The number of fused-ring (bicyclic) bond motifs is 1. The van der Waals surface area contributed by atoms with Crippen LogP contribution in [0.2, 0.25) is 0 Å². The van der Waals surface area contributed by atoms with Crippen molar-refractivity contribution in [2.75, 3.05) is 13.3 Å². The Morgan fingerprint density at radius 2 is 2.25 bits per heavy atom. The first-order chi connectivity index (χ1) is 9.56. The molecule has 110 valence electrons. The highest BCUT2D eigenvalue weighted by Gasteiger charge is 2.17. The molecule has 0 spiro atoms. The second kappa shape index (κ2) is 6.83. The van der Waals surface area contributed by atoms with E-state index in [0.717, 1.165) is 34.5 Å². The maximum absolute atomic E-state index is 5.83. The lowest BCUT2D eigenvalue weighted by atomic mass is 10.1. The number of rotatable bonds is 5. The van der Waals surface area contributed by atoms with Gasteiger partial charge in [0, 0.05) is 6.54 Å². The number of ether oxygens (including phenoxy) is 2. The lowest BCUT2D eigenvalue weighted by Gasteiger charge is -2.08. The number of aliphatic imine (C=N–C) groups is 1. The van der Waals surface area contributed by atoms with Gasteiger partial charge < -0.3 is 20.5 Å². The predicted octanol–water partition coefficient (Wildman–Crippen LogP) is 2.63. The molecular weight excluding hydrogens is 322 g/mol. The molecule has 0 unspecified atom stereocenters. The molecule has 1 aliphatic heterocycles. The molecule has 0 saturated heterocycles. The third kappa shape index (κ3) is 4.03. The molecule has 0 amide bonds. The SMILES string of the molecule is CC(C)CCNC(N)=NCc1cc(Br)c2c(c1)OCO2. The van der Waals surface area contributed by atoms with Crippen molar-refractivity contribution in [3.05, 3.63) is 22.2 Å². The minimum Gasteiger partial charge on any atom is -0.454 e. The summed E-state index contributed by atoms with van der Waals surface area (Å²) >= 11 is 3.46. The summed E-state index contributed by atoms with van der Waals surface area (Å²) < 4.78 is 11.6. The Hall–Kier alpha value is -1.43. The molecule has 5 nitrogen and oxygen atoms in total. The van der Waals surface area contributed by atoms with E-state index in [0.29, 0.717) is 18.4 Å². The predicted molar refractivity (Wildman–Crippen MR) is 83.0 cm³/mol. The minimum atomic E-state index is 0.263. The van der Waals surface area contributed by atoms with E-state index < -0.39 is 0 Å². The summed E-state index contributed by atoms with van der Waals surface area (Å²) in [5.41, 5.74) is 6.85. The summed E-state index contributed by atoms with van der Waals surface area (Å²) in [6, 6.07) is 3.90. The third-order valence-electron chi connectivity index (χ3n) is 2.95. The van der Waals surface area contributed by atoms with E-state index >= 15 is 0 Å². The van der Waals surface area contributed by atoms with Gasteiger partial charge in [0.25, 0.3) is 0 Å². The number of hydrogen-bond acceptors (Lipinski definition) is 3. The number of nitrogens with one attached hydrogen (secondary N) is 1. The van der Waals surface area contributed by atoms with Gasteiger partial charge >= 0.3 is 0 Å². The molecule has 6 heteroatoms. The Balaban J connectivity index is 1.92. The normalized spacial score (nSPS) is 13.9. The van der Waals surface area contributed by atoms with Crippen LogP contribution in [0.3, 0.4) is 0 Å². The molecule has 1 aliphatic rings. The molecule has 20 heavy (non-hydrogen) atoms.